The average Bonchev–Trinajstić information content (AvgIpc) is 3.02. The fourth-order valence-electron chi connectivity index (χ4n) is 1.75. The minimum absolute atomic E-state index is 0.261. The van der Waals surface area contributed by atoms with E-state index in [9.17, 15) is 0 Å². The second-order valence-corrected chi connectivity index (χ2v) is 5.09. The van der Waals surface area contributed by atoms with Crippen LogP contribution in [0.15, 0.2) is 0 Å². The van der Waals surface area contributed by atoms with E-state index in [0.717, 1.165) is 11.5 Å². The van der Waals surface area contributed by atoms with Crippen LogP contribution in [0.1, 0.15) is 44.1 Å². The van der Waals surface area contributed by atoms with Gasteiger partial charge in [0.2, 0.25) is 0 Å². The van der Waals surface area contributed by atoms with E-state index in [1.165, 1.54) is 17.5 Å². The highest BCUT2D eigenvalue weighted by molar-refractivity contribution is 5.40. The first-order valence-corrected chi connectivity index (χ1v) is 5.62. The zero-order valence-electron chi connectivity index (χ0n) is 10.2. The predicted octanol–water partition coefficient (Wildman–Crippen LogP) is 1.02. The van der Waals surface area contributed by atoms with Gasteiger partial charge in [0.15, 0.2) is 0 Å². The van der Waals surface area contributed by atoms with Crippen molar-refractivity contribution in [3.8, 4) is 0 Å². The van der Waals surface area contributed by atoms with Crippen LogP contribution in [-0.4, -0.2) is 22.4 Å². The van der Waals surface area contributed by atoms with E-state index in [4.69, 9.17) is 16.3 Å². The predicted molar refractivity (Wildman–Crippen MR) is 63.6 cm³/mol. The van der Waals surface area contributed by atoms with Crippen molar-refractivity contribution in [2.45, 2.75) is 44.6 Å². The number of rotatable bonds is 4. The van der Waals surface area contributed by atoms with Gasteiger partial charge in [0.1, 0.15) is 11.6 Å². The van der Waals surface area contributed by atoms with Gasteiger partial charge in [-0.15, -0.1) is 0 Å². The van der Waals surface area contributed by atoms with Crippen molar-refractivity contribution in [2.75, 3.05) is 18.7 Å². The largest absolute Gasteiger partial charge is 0.382 e. The molecule has 16 heavy (non-hydrogen) atoms. The summed E-state index contributed by atoms with van der Waals surface area (Å²) in [7, 11) is 1.69. The molecule has 1 saturated carbocycles. The Hall–Kier alpha value is -1.23. The van der Waals surface area contributed by atoms with Crippen LogP contribution in [0.4, 0.5) is 5.82 Å². The van der Waals surface area contributed by atoms with Gasteiger partial charge >= 0.3 is 0 Å². The minimum atomic E-state index is -0.261. The molecule has 0 saturated heterocycles. The molecule has 1 fully saturated rings. The molecule has 0 amide bonds. The van der Waals surface area contributed by atoms with Crippen molar-refractivity contribution in [1.29, 1.82) is 0 Å². The summed E-state index contributed by atoms with van der Waals surface area (Å²) < 4.78 is 6.90. The second-order valence-electron chi connectivity index (χ2n) is 5.09. The van der Waals surface area contributed by atoms with E-state index in [1.807, 2.05) is 13.8 Å². The Morgan fingerprint density at radius 2 is 2.12 bits per heavy atom. The first kappa shape index (κ1) is 11.3. The van der Waals surface area contributed by atoms with Crippen molar-refractivity contribution < 1.29 is 4.74 Å². The van der Waals surface area contributed by atoms with Crippen molar-refractivity contribution in [1.82, 2.24) is 9.66 Å². The first-order valence-electron chi connectivity index (χ1n) is 5.62. The van der Waals surface area contributed by atoms with Crippen molar-refractivity contribution in [3.05, 3.63) is 11.5 Å². The Morgan fingerprint density at radius 3 is 2.62 bits per heavy atom. The van der Waals surface area contributed by atoms with E-state index in [1.54, 1.807) is 7.11 Å². The summed E-state index contributed by atoms with van der Waals surface area (Å²) in [6.07, 6.45) is 3.01. The molecule has 5 heteroatoms. The highest BCUT2D eigenvalue weighted by atomic mass is 16.5. The van der Waals surface area contributed by atoms with E-state index >= 15 is 0 Å². The lowest BCUT2D eigenvalue weighted by molar-refractivity contribution is 0.0226. The normalized spacial score (nSPS) is 16.7. The van der Waals surface area contributed by atoms with Crippen LogP contribution in [0.3, 0.4) is 0 Å². The number of nitrogens with zero attached hydrogens (tertiary/aromatic N) is 2. The number of ether oxygens (including phenoxy) is 1. The molecule has 0 unspecified atom stereocenters. The van der Waals surface area contributed by atoms with Gasteiger partial charge in [0.25, 0.3) is 0 Å². The Morgan fingerprint density at radius 1 is 1.50 bits per heavy atom. The van der Waals surface area contributed by atoms with Crippen LogP contribution in [0.25, 0.3) is 0 Å². The van der Waals surface area contributed by atoms with E-state index in [-0.39, 0.29) is 5.60 Å². The summed E-state index contributed by atoms with van der Waals surface area (Å²) in [6, 6.07) is 0. The topological polar surface area (TPSA) is 79.1 Å². The van der Waals surface area contributed by atoms with Crippen molar-refractivity contribution >= 4 is 5.82 Å². The average molecular weight is 224 g/mol. The number of nitrogens with two attached hydrogens (primary N) is 2. The lowest BCUT2D eigenvalue weighted by Crippen LogP contribution is -2.26. The van der Waals surface area contributed by atoms with E-state index < -0.39 is 0 Å². The van der Waals surface area contributed by atoms with Crippen LogP contribution in [0.5, 0.6) is 0 Å². The third-order valence-corrected chi connectivity index (χ3v) is 3.14. The highest BCUT2D eigenvalue weighted by Gasteiger charge is 2.31. The summed E-state index contributed by atoms with van der Waals surface area (Å²) in [5.74, 6) is 7.88. The quantitative estimate of drug-likeness (QED) is 0.748. The van der Waals surface area contributed by atoms with Crippen LogP contribution in [-0.2, 0) is 11.2 Å². The molecule has 2 rings (SSSR count). The molecule has 1 aliphatic carbocycles. The molecule has 0 bridgehead atoms. The number of anilines is 1. The summed E-state index contributed by atoms with van der Waals surface area (Å²) in [4.78, 5) is 4.54. The summed E-state index contributed by atoms with van der Waals surface area (Å²) in [6.45, 7) is 4.03. The summed E-state index contributed by atoms with van der Waals surface area (Å²) >= 11 is 0. The van der Waals surface area contributed by atoms with Gasteiger partial charge in [-0.05, 0) is 26.7 Å². The van der Waals surface area contributed by atoms with Crippen LogP contribution in [0, 0.1) is 0 Å². The summed E-state index contributed by atoms with van der Waals surface area (Å²) in [5, 5.41) is 0. The van der Waals surface area contributed by atoms with Crippen LogP contribution in [0.2, 0.25) is 0 Å². The molecule has 1 aromatic rings. The fourth-order valence-corrected chi connectivity index (χ4v) is 1.75. The molecule has 0 spiro atoms. The van der Waals surface area contributed by atoms with Crippen LogP contribution >= 0.6 is 0 Å². The molecule has 0 aromatic carbocycles. The Labute approximate surface area is 95.7 Å². The molecule has 1 aliphatic rings. The van der Waals surface area contributed by atoms with Gasteiger partial charge in [-0.1, -0.05) is 0 Å². The second kappa shape index (κ2) is 3.66. The molecular formula is C11H20N4O. The van der Waals surface area contributed by atoms with E-state index in [0.29, 0.717) is 18.2 Å². The van der Waals surface area contributed by atoms with Gasteiger partial charge < -0.3 is 16.3 Å². The monoisotopic (exact) mass is 224 g/mol. The molecule has 1 heterocycles. The minimum Gasteiger partial charge on any atom is -0.382 e. The van der Waals surface area contributed by atoms with Gasteiger partial charge in [-0.3, -0.25) is 0 Å². The third kappa shape index (κ3) is 2.00. The maximum Gasteiger partial charge on any atom is 0.146 e. The zero-order chi connectivity index (χ0) is 11.9. The number of methoxy groups -OCH3 is 1. The van der Waals surface area contributed by atoms with Gasteiger partial charge in [0, 0.05) is 19.4 Å². The van der Waals surface area contributed by atoms with Gasteiger partial charge in [-0.25, -0.2) is 9.66 Å². The number of hydrogen-bond donors (Lipinski definition) is 2. The first-order chi connectivity index (χ1) is 7.44. The third-order valence-electron chi connectivity index (χ3n) is 3.14. The number of aromatic nitrogens is 2. The van der Waals surface area contributed by atoms with Gasteiger partial charge in [-0.2, -0.15) is 0 Å². The highest BCUT2D eigenvalue weighted by Crippen LogP contribution is 2.40. The Kier molecular flexibility index (Phi) is 2.58. The molecule has 90 valence electrons. The van der Waals surface area contributed by atoms with Gasteiger partial charge in [0.05, 0.1) is 11.3 Å². The number of hydrogen-bond acceptors (Lipinski definition) is 4. The molecular weight excluding hydrogens is 204 g/mol. The summed E-state index contributed by atoms with van der Waals surface area (Å²) in [5.41, 5.74) is 6.53. The SMILES string of the molecule is COC(C)(C)Cc1nc(C2CC2)n(N)c1N. The molecule has 1 aromatic heterocycles. The van der Waals surface area contributed by atoms with Crippen molar-refractivity contribution in [3.63, 3.8) is 0 Å². The number of nitrogen functional groups attached to an aromatic ring is 2. The molecule has 4 N–H and O–H groups in total. The molecule has 0 radical (unpaired) electrons. The maximum atomic E-state index is 5.95. The molecule has 5 nitrogen and oxygen atoms in total. The lowest BCUT2D eigenvalue weighted by atomic mass is 10.0. The van der Waals surface area contributed by atoms with E-state index in [2.05, 4.69) is 4.98 Å². The molecule has 0 aliphatic heterocycles. The maximum absolute atomic E-state index is 5.95. The smallest absolute Gasteiger partial charge is 0.146 e. The Bertz CT molecular complexity index is 393. The fraction of sp³-hybridized carbons (Fsp3) is 0.727. The standard InChI is InChI=1S/C11H20N4O/c1-11(2,16-3)6-8-9(12)15(13)10(14-8)7-4-5-7/h7H,4-6,12-13H2,1-3H3. The lowest BCUT2D eigenvalue weighted by Gasteiger charge is -2.21. The zero-order valence-corrected chi connectivity index (χ0v) is 10.2. The number of imidazole rings is 1. The Balaban J connectivity index is 2.24. The van der Waals surface area contributed by atoms with Crippen molar-refractivity contribution in [2.24, 2.45) is 0 Å². The molecule has 0 atom stereocenters. The van der Waals surface area contributed by atoms with Crippen LogP contribution < -0.4 is 11.6 Å².